The minimum Gasteiger partial charge on any atom is -0.459 e. The third kappa shape index (κ3) is 9.77. The van der Waals surface area contributed by atoms with Crippen LogP contribution in [-0.2, 0) is 52.2 Å². The van der Waals surface area contributed by atoms with Crippen LogP contribution in [0.2, 0.25) is 0 Å². The molecule has 324 valence electrons. The van der Waals surface area contributed by atoms with Gasteiger partial charge in [-0.05, 0) is 76.2 Å². The molecule has 0 unspecified atom stereocenters. The molecule has 0 amide bonds. The molecule has 4 aliphatic rings. The average Bonchev–Trinajstić information content (AvgIpc) is 3.79. The van der Waals surface area contributed by atoms with E-state index in [4.69, 9.17) is 52.2 Å². The lowest BCUT2D eigenvalue weighted by Crippen LogP contribution is -2.61. The van der Waals surface area contributed by atoms with Crippen molar-refractivity contribution in [3.63, 3.8) is 0 Å². The standard InChI is InChI=1S/C46H45NO15/c1-45(2)58-35-32(55-44-38(37(35)59-45)60-46(3,4)61-44)26-53-43-33(47-62-42(51)30-23-15-8-16-24-30)36(57-41(50)29-21-13-7-14-22-29)34(56-40(49)28-19-11-6-12-20-28)31(54-43)25-52-39(48)27-17-9-5-10-18-27/h5-24,31-32,34-38,43-44H,25-26H2,1-4H3/b47-33+/t31-,32-,34-,35+,36-,37+,38-,43-,44-/m1/s1. The van der Waals surface area contributed by atoms with Crippen LogP contribution in [0, 0.1) is 0 Å². The highest BCUT2D eigenvalue weighted by Crippen LogP contribution is 2.44. The minimum atomic E-state index is -1.67. The Morgan fingerprint density at radius 2 is 1.02 bits per heavy atom. The van der Waals surface area contributed by atoms with E-state index >= 15 is 0 Å². The zero-order valence-corrected chi connectivity index (χ0v) is 34.2. The molecular formula is C46H45NO15. The average molecular weight is 852 g/mol. The smallest absolute Gasteiger partial charge is 0.365 e. The lowest BCUT2D eigenvalue weighted by molar-refractivity contribution is -0.260. The lowest BCUT2D eigenvalue weighted by Gasteiger charge is -2.41. The van der Waals surface area contributed by atoms with Gasteiger partial charge in [-0.2, -0.15) is 0 Å². The highest BCUT2D eigenvalue weighted by Gasteiger charge is 2.61. The van der Waals surface area contributed by atoms with E-state index < -0.39 is 97.4 Å². The molecule has 0 radical (unpaired) electrons. The van der Waals surface area contributed by atoms with Gasteiger partial charge in [0.2, 0.25) is 6.29 Å². The largest absolute Gasteiger partial charge is 0.459 e. The van der Waals surface area contributed by atoms with Crippen LogP contribution >= 0.6 is 0 Å². The van der Waals surface area contributed by atoms with Crippen molar-refractivity contribution in [1.29, 1.82) is 0 Å². The van der Waals surface area contributed by atoms with Crippen molar-refractivity contribution < 1.29 is 71.4 Å². The van der Waals surface area contributed by atoms with E-state index in [-0.39, 0.29) is 34.6 Å². The first-order chi connectivity index (χ1) is 29.8. The zero-order chi connectivity index (χ0) is 43.4. The van der Waals surface area contributed by atoms with Crippen LogP contribution in [0.4, 0.5) is 0 Å². The first-order valence-corrected chi connectivity index (χ1v) is 20.1. The summed E-state index contributed by atoms with van der Waals surface area (Å²) in [7, 11) is 0. The highest BCUT2D eigenvalue weighted by atomic mass is 16.9. The van der Waals surface area contributed by atoms with Crippen molar-refractivity contribution in [2.24, 2.45) is 5.16 Å². The number of benzene rings is 4. The molecule has 0 N–H and O–H groups in total. The molecular weight excluding hydrogens is 806 g/mol. The fourth-order valence-corrected chi connectivity index (χ4v) is 7.49. The molecule has 62 heavy (non-hydrogen) atoms. The van der Waals surface area contributed by atoms with Gasteiger partial charge in [0.25, 0.3) is 0 Å². The van der Waals surface area contributed by atoms with E-state index in [0.717, 1.165) is 0 Å². The summed E-state index contributed by atoms with van der Waals surface area (Å²) in [5.74, 6) is -5.30. The molecule has 4 fully saturated rings. The van der Waals surface area contributed by atoms with Crippen LogP contribution in [0.1, 0.15) is 69.1 Å². The Balaban J connectivity index is 1.17. The fourth-order valence-electron chi connectivity index (χ4n) is 7.49. The van der Waals surface area contributed by atoms with Crippen LogP contribution in [0.3, 0.4) is 0 Å². The normalized spacial score (nSPS) is 28.8. The second-order valence-corrected chi connectivity index (χ2v) is 15.7. The van der Waals surface area contributed by atoms with Crippen molar-refractivity contribution in [2.45, 2.75) is 94.6 Å². The molecule has 9 atom stereocenters. The summed E-state index contributed by atoms with van der Waals surface area (Å²) in [5, 5.41) is 4.20. The topological polar surface area (TPSA) is 182 Å². The Kier molecular flexibility index (Phi) is 12.6. The SMILES string of the molecule is CC1(C)O[C@H]2[C@@H](O1)[C@@H](CO[C@@H]1O[C@H](COC(=O)c3ccccc3)[C@@H](OC(=O)c3ccccc3)[C@H](OC(=O)c3ccccc3)/C1=N\OC(=O)c1ccccc1)O[C@@H]1OC(C)(C)O[C@@H]12. The first kappa shape index (κ1) is 42.8. The van der Waals surface area contributed by atoms with Crippen molar-refractivity contribution in [2.75, 3.05) is 13.2 Å². The van der Waals surface area contributed by atoms with Crippen LogP contribution in [0.5, 0.6) is 0 Å². The molecule has 0 aliphatic carbocycles. The number of fused-ring (bicyclic) bond motifs is 3. The van der Waals surface area contributed by atoms with E-state index in [2.05, 4.69) is 5.16 Å². The number of oxime groups is 1. The second-order valence-electron chi connectivity index (χ2n) is 15.7. The number of carbonyl (C=O) groups excluding carboxylic acids is 4. The summed E-state index contributed by atoms with van der Waals surface area (Å²) >= 11 is 0. The van der Waals surface area contributed by atoms with Gasteiger partial charge in [-0.1, -0.05) is 78.0 Å². The number of ether oxygens (including phenoxy) is 10. The number of hydrogen-bond donors (Lipinski definition) is 0. The molecule has 16 nitrogen and oxygen atoms in total. The van der Waals surface area contributed by atoms with Crippen LogP contribution in [-0.4, -0.2) is 110 Å². The summed E-state index contributed by atoms with van der Waals surface area (Å²) in [5.41, 5.74) is 0.363. The molecule has 4 aliphatic heterocycles. The van der Waals surface area contributed by atoms with Crippen molar-refractivity contribution in [3.05, 3.63) is 144 Å². The molecule has 4 heterocycles. The highest BCUT2D eigenvalue weighted by molar-refractivity contribution is 5.98. The molecule has 8 rings (SSSR count). The van der Waals surface area contributed by atoms with Crippen molar-refractivity contribution >= 4 is 29.6 Å². The van der Waals surface area contributed by atoms with E-state index in [1.807, 2.05) is 0 Å². The molecule has 4 saturated heterocycles. The van der Waals surface area contributed by atoms with Gasteiger partial charge in [0.05, 0.1) is 28.9 Å². The third-order valence-corrected chi connectivity index (χ3v) is 10.3. The van der Waals surface area contributed by atoms with Gasteiger partial charge in [-0.3, -0.25) is 0 Å². The quantitative estimate of drug-likeness (QED) is 0.0738. The van der Waals surface area contributed by atoms with E-state index in [1.165, 1.54) is 36.4 Å². The summed E-state index contributed by atoms with van der Waals surface area (Å²) < 4.78 is 62.1. The Labute approximate surface area is 356 Å². The summed E-state index contributed by atoms with van der Waals surface area (Å²) in [6.07, 6.45) is -9.94. The zero-order valence-electron chi connectivity index (χ0n) is 34.2. The monoisotopic (exact) mass is 851 g/mol. The number of carbonyl (C=O) groups is 4. The van der Waals surface area contributed by atoms with Crippen LogP contribution in [0.25, 0.3) is 0 Å². The van der Waals surface area contributed by atoms with Crippen LogP contribution in [0.15, 0.2) is 126 Å². The summed E-state index contributed by atoms with van der Waals surface area (Å²) in [6, 6.07) is 32.4. The number of esters is 3. The molecule has 0 spiro atoms. The Hall–Kier alpha value is -5.85. The third-order valence-electron chi connectivity index (χ3n) is 10.3. The van der Waals surface area contributed by atoms with Gasteiger partial charge in [-0.15, -0.1) is 0 Å². The second kappa shape index (κ2) is 18.2. The predicted molar refractivity (Wildman–Crippen MR) is 214 cm³/mol. The summed E-state index contributed by atoms with van der Waals surface area (Å²) in [6.45, 7) is 6.23. The van der Waals surface area contributed by atoms with Gasteiger partial charge in [-0.25, -0.2) is 19.2 Å². The Morgan fingerprint density at radius 3 is 1.60 bits per heavy atom. The van der Waals surface area contributed by atoms with Crippen molar-refractivity contribution in [1.82, 2.24) is 0 Å². The van der Waals surface area contributed by atoms with Crippen molar-refractivity contribution in [3.8, 4) is 0 Å². The minimum absolute atomic E-state index is 0.135. The molecule has 4 aromatic rings. The first-order valence-electron chi connectivity index (χ1n) is 20.1. The molecule has 0 bridgehead atoms. The molecule has 4 aromatic carbocycles. The fraction of sp³-hybridized carbons (Fsp3) is 0.370. The van der Waals surface area contributed by atoms with Gasteiger partial charge in [0.15, 0.2) is 35.8 Å². The maximum atomic E-state index is 14.0. The Morgan fingerprint density at radius 1 is 0.532 bits per heavy atom. The van der Waals surface area contributed by atoms with E-state index in [9.17, 15) is 19.2 Å². The lowest BCUT2D eigenvalue weighted by atomic mass is 9.98. The van der Waals surface area contributed by atoms with E-state index in [0.29, 0.717) is 0 Å². The molecule has 0 saturated carbocycles. The molecule has 16 heteroatoms. The summed E-state index contributed by atoms with van der Waals surface area (Å²) in [4.78, 5) is 60.0. The van der Waals surface area contributed by atoms with Gasteiger partial charge in [0.1, 0.15) is 37.1 Å². The maximum Gasteiger partial charge on any atom is 0.365 e. The number of rotatable bonds is 12. The van der Waals surface area contributed by atoms with Crippen LogP contribution < -0.4 is 0 Å². The Bertz CT molecular complexity index is 2240. The number of nitrogens with zero attached hydrogens (tertiary/aromatic N) is 1. The van der Waals surface area contributed by atoms with Gasteiger partial charge < -0.3 is 52.2 Å². The predicted octanol–water partition coefficient (Wildman–Crippen LogP) is 5.65. The van der Waals surface area contributed by atoms with Gasteiger partial charge in [0, 0.05) is 0 Å². The van der Waals surface area contributed by atoms with E-state index in [1.54, 1.807) is 113 Å². The maximum absolute atomic E-state index is 14.0. The molecule has 0 aromatic heterocycles. The van der Waals surface area contributed by atoms with Gasteiger partial charge >= 0.3 is 23.9 Å². The number of hydrogen-bond acceptors (Lipinski definition) is 16.